The number of nitrogens with two attached hydrogens (primary N) is 1. The molecule has 0 aliphatic rings. The highest BCUT2D eigenvalue weighted by Gasteiger charge is 2.19. The van der Waals surface area contributed by atoms with Crippen LogP contribution in [0.15, 0.2) is 41.9 Å². The molecular formula is C18H17N3O3S. The lowest BCUT2D eigenvalue weighted by atomic mass is 10.1. The molecule has 6 nitrogen and oxygen atoms in total. The van der Waals surface area contributed by atoms with Crippen LogP contribution in [-0.2, 0) is 0 Å². The normalized spacial score (nSPS) is 10.6. The van der Waals surface area contributed by atoms with Gasteiger partial charge in [-0.15, -0.1) is 11.3 Å². The summed E-state index contributed by atoms with van der Waals surface area (Å²) >= 11 is 1.50. The number of primary amides is 1. The largest absolute Gasteiger partial charge is 0.485 e. The molecule has 0 bridgehead atoms. The van der Waals surface area contributed by atoms with Gasteiger partial charge in [-0.1, -0.05) is 12.1 Å². The summed E-state index contributed by atoms with van der Waals surface area (Å²) in [6.07, 6.45) is 1.73. The van der Waals surface area contributed by atoms with Crippen molar-refractivity contribution in [3.8, 4) is 10.9 Å². The molecule has 7 heteroatoms. The van der Waals surface area contributed by atoms with E-state index in [2.05, 4.69) is 4.98 Å². The minimum atomic E-state index is -0.593. The van der Waals surface area contributed by atoms with Crippen LogP contribution < -0.4 is 10.5 Å². The zero-order valence-electron chi connectivity index (χ0n) is 13.9. The summed E-state index contributed by atoms with van der Waals surface area (Å²) in [6.45, 7) is 3.62. The lowest BCUT2D eigenvalue weighted by molar-refractivity contribution is 0.0911. The number of hydrogen-bond donors (Lipinski definition) is 1. The predicted octanol–water partition coefficient (Wildman–Crippen LogP) is 2.91. The molecule has 0 aliphatic carbocycles. The number of para-hydroxylation sites is 1. The first-order valence-corrected chi connectivity index (χ1v) is 8.50. The molecule has 0 fully saturated rings. The molecule has 0 atom stereocenters. The second-order valence-electron chi connectivity index (χ2n) is 5.51. The Morgan fingerprint density at radius 2 is 2.00 bits per heavy atom. The summed E-state index contributed by atoms with van der Waals surface area (Å²) in [4.78, 5) is 28.3. The van der Waals surface area contributed by atoms with Crippen molar-refractivity contribution < 1.29 is 14.3 Å². The number of nitrogens with zero attached hydrogens (tertiary/aromatic N) is 2. The van der Waals surface area contributed by atoms with E-state index in [-0.39, 0.29) is 18.0 Å². The second-order valence-corrected chi connectivity index (χ2v) is 6.38. The number of aromatic nitrogens is 2. The van der Waals surface area contributed by atoms with Crippen LogP contribution in [0.25, 0.3) is 5.13 Å². The van der Waals surface area contributed by atoms with E-state index in [0.29, 0.717) is 11.3 Å². The van der Waals surface area contributed by atoms with Crippen LogP contribution >= 0.6 is 11.3 Å². The van der Waals surface area contributed by atoms with Crippen molar-refractivity contribution in [2.24, 2.45) is 5.73 Å². The van der Waals surface area contributed by atoms with Crippen molar-refractivity contribution in [1.29, 1.82) is 0 Å². The zero-order valence-corrected chi connectivity index (χ0v) is 14.7. The molecule has 0 spiro atoms. The minimum absolute atomic E-state index is 0.171. The number of Topliss-reactive ketones (excluding diaryl/α,β-unsaturated/α-hetero) is 1. The second kappa shape index (κ2) is 6.90. The summed E-state index contributed by atoms with van der Waals surface area (Å²) in [6, 6.07) is 8.42. The number of ketones is 1. The Bertz CT molecular complexity index is 929. The van der Waals surface area contributed by atoms with E-state index in [1.807, 2.05) is 29.9 Å². The summed E-state index contributed by atoms with van der Waals surface area (Å²) in [5.41, 5.74) is 7.88. The van der Waals surface area contributed by atoms with Gasteiger partial charge in [-0.05, 0) is 32.0 Å². The molecule has 0 radical (unpaired) electrons. The Labute approximate surface area is 148 Å². The van der Waals surface area contributed by atoms with Gasteiger partial charge in [0.1, 0.15) is 5.75 Å². The third-order valence-electron chi connectivity index (χ3n) is 3.85. The summed E-state index contributed by atoms with van der Waals surface area (Å²) in [5, 5.41) is 2.70. The Kier molecular flexibility index (Phi) is 4.67. The molecule has 2 N–H and O–H groups in total. The van der Waals surface area contributed by atoms with Crippen molar-refractivity contribution in [2.45, 2.75) is 13.8 Å². The first-order valence-electron chi connectivity index (χ1n) is 7.62. The standard InChI is InChI=1S/C18H17N3O3S/c1-11-9-14(12(2)21(11)18-20-7-8-25-18)15(22)10-24-16-6-4-3-5-13(16)17(19)23/h3-9H,10H2,1-2H3,(H2,19,23). The van der Waals surface area contributed by atoms with Gasteiger partial charge in [-0.25, -0.2) is 4.98 Å². The Morgan fingerprint density at radius 3 is 2.68 bits per heavy atom. The maximum absolute atomic E-state index is 12.6. The third kappa shape index (κ3) is 3.32. The number of rotatable bonds is 6. The molecule has 0 unspecified atom stereocenters. The fraction of sp³-hybridized carbons (Fsp3) is 0.167. The minimum Gasteiger partial charge on any atom is -0.485 e. The molecule has 1 amide bonds. The van der Waals surface area contributed by atoms with Crippen LogP contribution in [0.2, 0.25) is 0 Å². The van der Waals surface area contributed by atoms with Gasteiger partial charge in [-0.3, -0.25) is 14.2 Å². The molecule has 3 rings (SSSR count). The molecule has 1 aromatic carbocycles. The number of aryl methyl sites for hydroxylation is 1. The van der Waals surface area contributed by atoms with Crippen molar-refractivity contribution in [3.63, 3.8) is 0 Å². The first kappa shape index (κ1) is 16.9. The number of amides is 1. The van der Waals surface area contributed by atoms with Crippen molar-refractivity contribution in [3.05, 3.63) is 64.4 Å². The van der Waals surface area contributed by atoms with Crippen LogP contribution in [0.5, 0.6) is 5.75 Å². The van der Waals surface area contributed by atoms with Gasteiger partial charge in [0.15, 0.2) is 11.7 Å². The summed E-state index contributed by atoms with van der Waals surface area (Å²) in [7, 11) is 0. The Morgan fingerprint density at radius 1 is 1.24 bits per heavy atom. The topological polar surface area (TPSA) is 87.2 Å². The van der Waals surface area contributed by atoms with Gasteiger partial charge < -0.3 is 10.5 Å². The van der Waals surface area contributed by atoms with Crippen molar-refractivity contribution >= 4 is 23.0 Å². The van der Waals surface area contributed by atoms with Crippen molar-refractivity contribution in [2.75, 3.05) is 6.61 Å². The fourth-order valence-corrected chi connectivity index (χ4v) is 3.43. The Balaban J connectivity index is 1.81. The number of hydrogen-bond acceptors (Lipinski definition) is 5. The lowest BCUT2D eigenvalue weighted by Crippen LogP contribution is -2.17. The van der Waals surface area contributed by atoms with E-state index in [1.165, 1.54) is 11.3 Å². The smallest absolute Gasteiger partial charge is 0.252 e. The third-order valence-corrected chi connectivity index (χ3v) is 4.61. The van der Waals surface area contributed by atoms with Gasteiger partial charge in [0.25, 0.3) is 5.91 Å². The van der Waals surface area contributed by atoms with Gasteiger partial charge in [0.2, 0.25) is 5.78 Å². The molecule has 0 aliphatic heterocycles. The molecule has 25 heavy (non-hydrogen) atoms. The maximum Gasteiger partial charge on any atom is 0.252 e. The van der Waals surface area contributed by atoms with E-state index in [9.17, 15) is 9.59 Å². The maximum atomic E-state index is 12.6. The van der Waals surface area contributed by atoms with Crippen LogP contribution in [0.3, 0.4) is 0 Å². The summed E-state index contributed by atoms with van der Waals surface area (Å²) in [5.74, 6) is -0.461. The zero-order chi connectivity index (χ0) is 18.0. The lowest BCUT2D eigenvalue weighted by Gasteiger charge is -2.09. The van der Waals surface area contributed by atoms with Gasteiger partial charge >= 0.3 is 0 Å². The van der Waals surface area contributed by atoms with Gasteiger partial charge in [0, 0.05) is 28.5 Å². The number of carbonyl (C=O) groups is 2. The van der Waals surface area contributed by atoms with Crippen LogP contribution in [-0.4, -0.2) is 27.8 Å². The highest BCUT2D eigenvalue weighted by atomic mass is 32.1. The Hall–Kier alpha value is -2.93. The number of benzene rings is 1. The fourth-order valence-electron chi connectivity index (χ4n) is 2.68. The van der Waals surface area contributed by atoms with E-state index in [1.54, 1.807) is 30.5 Å². The van der Waals surface area contributed by atoms with Crippen LogP contribution in [0, 0.1) is 13.8 Å². The van der Waals surface area contributed by atoms with Crippen LogP contribution in [0.1, 0.15) is 32.1 Å². The number of ether oxygens (including phenoxy) is 1. The number of thiazole rings is 1. The highest BCUT2D eigenvalue weighted by Crippen LogP contribution is 2.23. The SMILES string of the molecule is Cc1cc(C(=O)COc2ccccc2C(N)=O)c(C)n1-c1nccs1. The molecule has 2 aromatic heterocycles. The van der Waals surface area contributed by atoms with E-state index in [4.69, 9.17) is 10.5 Å². The molecule has 2 heterocycles. The van der Waals surface area contributed by atoms with Gasteiger partial charge in [-0.2, -0.15) is 0 Å². The number of carbonyl (C=O) groups excluding carboxylic acids is 2. The predicted molar refractivity (Wildman–Crippen MR) is 95.7 cm³/mol. The van der Waals surface area contributed by atoms with Crippen molar-refractivity contribution in [1.82, 2.24) is 9.55 Å². The molecule has 128 valence electrons. The molecule has 3 aromatic rings. The highest BCUT2D eigenvalue weighted by molar-refractivity contribution is 7.12. The monoisotopic (exact) mass is 355 g/mol. The molecular weight excluding hydrogens is 338 g/mol. The van der Waals surface area contributed by atoms with Gasteiger partial charge in [0.05, 0.1) is 5.56 Å². The van der Waals surface area contributed by atoms with E-state index < -0.39 is 5.91 Å². The summed E-state index contributed by atoms with van der Waals surface area (Å²) < 4.78 is 7.48. The van der Waals surface area contributed by atoms with Crippen LogP contribution in [0.4, 0.5) is 0 Å². The van der Waals surface area contributed by atoms with E-state index in [0.717, 1.165) is 16.5 Å². The first-order chi connectivity index (χ1) is 12.0. The average Bonchev–Trinajstić information content (AvgIpc) is 3.20. The quantitative estimate of drug-likeness (QED) is 0.689. The molecule has 0 saturated carbocycles. The average molecular weight is 355 g/mol. The van der Waals surface area contributed by atoms with E-state index >= 15 is 0 Å². The molecule has 0 saturated heterocycles.